The Morgan fingerprint density at radius 1 is 0.160 bits per heavy atom. The highest BCUT2D eigenvalue weighted by Crippen LogP contribution is 2.66. The molecular weight excluding hydrogens is 1130 g/mol. The summed E-state index contributed by atoms with van der Waals surface area (Å²) in [7, 11) is 0. The van der Waals surface area contributed by atoms with E-state index < -0.39 is 10.8 Å². The van der Waals surface area contributed by atoms with Crippen molar-refractivity contribution in [3.63, 3.8) is 0 Å². The predicted molar refractivity (Wildman–Crippen MR) is 391 cm³/mol. The molecular formula is C94H62. The molecule has 0 fully saturated rings. The lowest BCUT2D eigenvalue weighted by molar-refractivity contribution is 0.660. The fraction of sp³-hybridized carbons (Fsp3) is 0.0851. The fourth-order valence-corrected chi connectivity index (χ4v) is 19.5. The van der Waals surface area contributed by atoms with Crippen molar-refractivity contribution in [2.75, 3.05) is 0 Å². The number of hydrogen-bond acceptors (Lipinski definition) is 0. The largest absolute Gasteiger partial charge is 0.0725 e. The van der Waals surface area contributed by atoms with Crippen LogP contribution in [-0.2, 0) is 21.7 Å². The van der Waals surface area contributed by atoms with Crippen LogP contribution in [-0.4, -0.2) is 0 Å². The summed E-state index contributed by atoms with van der Waals surface area (Å²) in [6, 6.07) is 118. The lowest BCUT2D eigenvalue weighted by atomic mass is 9.70. The molecule has 0 heteroatoms. The van der Waals surface area contributed by atoms with Gasteiger partial charge >= 0.3 is 0 Å². The smallest absolute Gasteiger partial charge is 0.0619 e. The average molecular weight is 1190 g/mol. The third-order valence-corrected chi connectivity index (χ3v) is 23.5. The number of benzene rings is 15. The van der Waals surface area contributed by atoms with Crippen LogP contribution in [0.15, 0.2) is 303 Å². The first-order valence-electron chi connectivity index (χ1n) is 33.5. The van der Waals surface area contributed by atoms with E-state index in [4.69, 9.17) is 0 Å². The molecule has 2 spiro atoms. The van der Waals surface area contributed by atoms with Gasteiger partial charge < -0.3 is 0 Å². The highest BCUT2D eigenvalue weighted by atomic mass is 14.5. The van der Waals surface area contributed by atoms with Gasteiger partial charge in [0, 0.05) is 10.8 Å². The van der Waals surface area contributed by atoms with Crippen LogP contribution in [0.5, 0.6) is 0 Å². The van der Waals surface area contributed by atoms with Gasteiger partial charge in [-0.05, 0) is 236 Å². The van der Waals surface area contributed by atoms with E-state index in [0.717, 1.165) is 0 Å². The Bertz CT molecular complexity index is 5440. The zero-order valence-electron chi connectivity index (χ0n) is 52.9. The van der Waals surface area contributed by atoms with Crippen molar-refractivity contribution >= 4 is 21.5 Å². The number of fused-ring (bicyclic) bond motifs is 28. The topological polar surface area (TPSA) is 0 Å². The minimum Gasteiger partial charge on any atom is -0.0619 e. The Kier molecular flexibility index (Phi) is 10.2. The van der Waals surface area contributed by atoms with E-state index in [2.05, 4.69) is 331 Å². The number of rotatable bonds is 4. The van der Waals surface area contributed by atoms with E-state index in [1.165, 1.54) is 200 Å². The third kappa shape index (κ3) is 6.44. The highest BCUT2D eigenvalue weighted by Gasteiger charge is 2.53. The van der Waals surface area contributed by atoms with E-state index in [1.807, 2.05) is 0 Å². The van der Waals surface area contributed by atoms with Crippen LogP contribution in [0.3, 0.4) is 0 Å². The first kappa shape index (κ1) is 52.4. The second-order valence-corrected chi connectivity index (χ2v) is 28.4. The zero-order valence-corrected chi connectivity index (χ0v) is 52.9. The summed E-state index contributed by atoms with van der Waals surface area (Å²) < 4.78 is 0. The highest BCUT2D eigenvalue weighted by molar-refractivity contribution is 6.23. The van der Waals surface area contributed by atoms with Gasteiger partial charge in [0.05, 0.1) is 10.8 Å². The lowest BCUT2D eigenvalue weighted by Gasteiger charge is -2.30. The van der Waals surface area contributed by atoms with Crippen LogP contribution in [0, 0.1) is 0 Å². The molecule has 6 aliphatic carbocycles. The first-order chi connectivity index (χ1) is 46.1. The molecule has 0 aromatic heterocycles. The molecule has 438 valence electrons. The van der Waals surface area contributed by atoms with Gasteiger partial charge in [0.1, 0.15) is 0 Å². The van der Waals surface area contributed by atoms with Crippen LogP contribution in [0.2, 0.25) is 0 Å². The van der Waals surface area contributed by atoms with Gasteiger partial charge in [-0.2, -0.15) is 0 Å². The summed E-state index contributed by atoms with van der Waals surface area (Å²) in [5, 5.41) is 4.97. The zero-order chi connectivity index (χ0) is 62.1. The molecule has 0 amide bonds. The maximum Gasteiger partial charge on any atom is 0.0725 e. The van der Waals surface area contributed by atoms with E-state index in [-0.39, 0.29) is 10.8 Å². The van der Waals surface area contributed by atoms with Gasteiger partial charge in [-0.25, -0.2) is 0 Å². The molecule has 0 saturated carbocycles. The second-order valence-electron chi connectivity index (χ2n) is 28.4. The molecule has 0 bridgehead atoms. The normalized spacial score (nSPS) is 15.4. The van der Waals surface area contributed by atoms with E-state index in [1.54, 1.807) is 0 Å². The second kappa shape index (κ2) is 18.3. The maximum atomic E-state index is 2.56. The molecule has 0 N–H and O–H groups in total. The van der Waals surface area contributed by atoms with Gasteiger partial charge in [-0.1, -0.05) is 295 Å². The van der Waals surface area contributed by atoms with Crippen molar-refractivity contribution in [3.05, 3.63) is 370 Å². The number of hydrogen-bond donors (Lipinski definition) is 0. The predicted octanol–water partition coefficient (Wildman–Crippen LogP) is 24.0. The molecule has 15 aromatic rings. The molecule has 21 rings (SSSR count). The standard InChI is InChI=1S/C94H62/c1-91(2)77-29-13-5-21-61(77)69-45-41-59(53-85(69)91)89-73-47-39-56(58-38-44-72-68-28-12-20-36-84(68)94(88(72)52-58)81-33-17-9-25-65(81)66-26-10-18-34-82(66)94)50-76(73)90(60-42-46-70-62-22-6-14-30-78(62)92(3,4)86(70)54-60)74-48-40-55(49-75(74)89)57-37-43-71-67-27-11-19-35-83(67)93(87(71)51-57)79-31-15-7-23-63(79)64-24-8-16-32-80(64)93/h5-54H,1-4H3. The maximum absolute atomic E-state index is 2.56. The molecule has 0 aliphatic heterocycles. The summed E-state index contributed by atoms with van der Waals surface area (Å²) in [5.74, 6) is 0. The summed E-state index contributed by atoms with van der Waals surface area (Å²) in [5.41, 5.74) is 40.7. The Morgan fingerprint density at radius 2 is 0.372 bits per heavy atom. The molecule has 0 saturated heterocycles. The molecule has 0 atom stereocenters. The Morgan fingerprint density at radius 3 is 0.681 bits per heavy atom. The van der Waals surface area contributed by atoms with Crippen molar-refractivity contribution in [3.8, 4) is 111 Å². The minimum absolute atomic E-state index is 0.193. The molecule has 0 heterocycles. The van der Waals surface area contributed by atoms with Crippen LogP contribution in [0.1, 0.15) is 94.5 Å². The van der Waals surface area contributed by atoms with Gasteiger partial charge in [-0.3, -0.25) is 0 Å². The lowest BCUT2D eigenvalue weighted by Crippen LogP contribution is -2.25. The van der Waals surface area contributed by atoms with Gasteiger partial charge in [0.25, 0.3) is 0 Å². The van der Waals surface area contributed by atoms with E-state index in [9.17, 15) is 0 Å². The van der Waals surface area contributed by atoms with Crippen molar-refractivity contribution in [1.82, 2.24) is 0 Å². The van der Waals surface area contributed by atoms with Crippen LogP contribution >= 0.6 is 0 Å². The molecule has 0 radical (unpaired) electrons. The van der Waals surface area contributed by atoms with Crippen molar-refractivity contribution < 1.29 is 0 Å². The Labute approximate surface area is 548 Å². The van der Waals surface area contributed by atoms with Crippen LogP contribution in [0.25, 0.3) is 133 Å². The van der Waals surface area contributed by atoms with Gasteiger partial charge in [-0.15, -0.1) is 0 Å². The van der Waals surface area contributed by atoms with E-state index >= 15 is 0 Å². The van der Waals surface area contributed by atoms with Crippen LogP contribution in [0.4, 0.5) is 0 Å². The molecule has 94 heavy (non-hydrogen) atoms. The van der Waals surface area contributed by atoms with E-state index in [0.29, 0.717) is 0 Å². The van der Waals surface area contributed by atoms with Crippen molar-refractivity contribution in [2.24, 2.45) is 0 Å². The molecule has 6 aliphatic rings. The monoisotopic (exact) mass is 1190 g/mol. The third-order valence-electron chi connectivity index (χ3n) is 23.5. The van der Waals surface area contributed by atoms with Gasteiger partial charge in [0.15, 0.2) is 0 Å². The first-order valence-corrected chi connectivity index (χ1v) is 33.5. The Hall–Kier alpha value is -11.2. The van der Waals surface area contributed by atoms with Crippen LogP contribution < -0.4 is 0 Å². The quantitative estimate of drug-likeness (QED) is 0.154. The fourth-order valence-electron chi connectivity index (χ4n) is 19.5. The summed E-state index contributed by atoms with van der Waals surface area (Å²) >= 11 is 0. The summed E-state index contributed by atoms with van der Waals surface area (Å²) in [6.07, 6.45) is 0. The SMILES string of the molecule is CC1(C)c2ccccc2-c2ccc(-c3c4ccc(-c5ccc6c(c5)C5(c7ccccc7-c7ccccc75)c5ccccc5-6)cc4c(-c4ccc5c(c4)C(C)(C)c4ccccc4-5)c4ccc(-c5ccc6c(c5)C5(c7ccccc7-c7ccccc75)c5ccccc5-6)cc34)cc21. The molecule has 0 nitrogen and oxygen atoms in total. The Balaban J connectivity index is 0.840. The molecule has 0 unspecified atom stereocenters. The summed E-state index contributed by atoms with van der Waals surface area (Å²) in [4.78, 5) is 0. The van der Waals surface area contributed by atoms with Crippen molar-refractivity contribution in [2.45, 2.75) is 49.4 Å². The summed E-state index contributed by atoms with van der Waals surface area (Å²) in [6.45, 7) is 9.67. The molecule has 15 aromatic carbocycles. The van der Waals surface area contributed by atoms with Crippen molar-refractivity contribution in [1.29, 1.82) is 0 Å². The van der Waals surface area contributed by atoms with Gasteiger partial charge in [0.2, 0.25) is 0 Å². The average Bonchev–Trinajstić information content (AvgIpc) is 1.51. The minimum atomic E-state index is -0.455.